The Kier molecular flexibility index (Phi) is 3.72. The van der Waals surface area contributed by atoms with E-state index in [0.717, 1.165) is 16.7 Å². The van der Waals surface area contributed by atoms with Crippen LogP contribution in [0.1, 0.15) is 23.0 Å². The SMILES string of the molecule is C=Cc1cc(C2OCCO2)ccc1COC. The first-order valence-corrected chi connectivity index (χ1v) is 5.32. The Morgan fingerprint density at radius 1 is 1.44 bits per heavy atom. The predicted molar refractivity (Wildman–Crippen MR) is 61.9 cm³/mol. The molecule has 0 atom stereocenters. The highest BCUT2D eigenvalue weighted by Crippen LogP contribution is 2.25. The molecule has 0 N–H and O–H groups in total. The maximum atomic E-state index is 5.45. The minimum atomic E-state index is -0.227. The maximum absolute atomic E-state index is 5.45. The number of benzene rings is 1. The number of rotatable bonds is 4. The van der Waals surface area contributed by atoms with E-state index in [9.17, 15) is 0 Å². The average molecular weight is 220 g/mol. The second kappa shape index (κ2) is 5.25. The molecular formula is C13H16O3. The Bertz CT molecular complexity index is 367. The summed E-state index contributed by atoms with van der Waals surface area (Å²) in [6.45, 7) is 5.72. The Morgan fingerprint density at radius 3 is 2.81 bits per heavy atom. The third-order valence-electron chi connectivity index (χ3n) is 2.58. The molecule has 0 amide bonds. The zero-order chi connectivity index (χ0) is 11.4. The van der Waals surface area contributed by atoms with Gasteiger partial charge in [0.2, 0.25) is 0 Å². The molecule has 1 aromatic rings. The molecule has 0 radical (unpaired) electrons. The summed E-state index contributed by atoms with van der Waals surface area (Å²) in [5, 5.41) is 0. The van der Waals surface area contributed by atoms with Crippen molar-refractivity contribution in [3.05, 3.63) is 41.5 Å². The van der Waals surface area contributed by atoms with Gasteiger partial charge in [-0.05, 0) is 17.2 Å². The molecule has 1 fully saturated rings. The van der Waals surface area contributed by atoms with E-state index in [2.05, 4.69) is 6.58 Å². The van der Waals surface area contributed by atoms with Crippen LogP contribution in [0.4, 0.5) is 0 Å². The van der Waals surface area contributed by atoms with Crippen LogP contribution in [0.25, 0.3) is 6.08 Å². The smallest absolute Gasteiger partial charge is 0.184 e. The van der Waals surface area contributed by atoms with Crippen LogP contribution in [-0.2, 0) is 20.8 Å². The van der Waals surface area contributed by atoms with E-state index in [-0.39, 0.29) is 6.29 Å². The molecule has 0 aromatic heterocycles. The lowest BCUT2D eigenvalue weighted by Crippen LogP contribution is -2.00. The van der Waals surface area contributed by atoms with Crippen LogP contribution in [0.15, 0.2) is 24.8 Å². The number of ether oxygens (including phenoxy) is 3. The van der Waals surface area contributed by atoms with Crippen molar-refractivity contribution in [3.63, 3.8) is 0 Å². The first-order valence-electron chi connectivity index (χ1n) is 5.32. The fraction of sp³-hybridized carbons (Fsp3) is 0.385. The van der Waals surface area contributed by atoms with Gasteiger partial charge in [-0.1, -0.05) is 24.8 Å². The lowest BCUT2D eigenvalue weighted by atomic mass is 10.0. The fourth-order valence-corrected chi connectivity index (χ4v) is 1.79. The zero-order valence-electron chi connectivity index (χ0n) is 9.44. The summed E-state index contributed by atoms with van der Waals surface area (Å²) < 4.78 is 16.0. The van der Waals surface area contributed by atoms with Crippen LogP contribution in [0.3, 0.4) is 0 Å². The summed E-state index contributed by atoms with van der Waals surface area (Å²) in [6.07, 6.45) is 1.60. The second-order valence-corrected chi connectivity index (χ2v) is 3.67. The average Bonchev–Trinajstić information content (AvgIpc) is 2.83. The van der Waals surface area contributed by atoms with Crippen LogP contribution >= 0.6 is 0 Å². The summed E-state index contributed by atoms with van der Waals surface area (Å²) in [5.74, 6) is 0. The molecular weight excluding hydrogens is 204 g/mol. The van der Waals surface area contributed by atoms with Gasteiger partial charge in [-0.15, -0.1) is 0 Å². The molecule has 2 rings (SSSR count). The van der Waals surface area contributed by atoms with Crippen molar-refractivity contribution in [2.75, 3.05) is 20.3 Å². The van der Waals surface area contributed by atoms with Crippen molar-refractivity contribution >= 4 is 6.08 Å². The molecule has 1 heterocycles. The molecule has 0 bridgehead atoms. The van der Waals surface area contributed by atoms with Crippen molar-refractivity contribution in [2.45, 2.75) is 12.9 Å². The lowest BCUT2D eigenvalue weighted by Gasteiger charge is -2.12. The van der Waals surface area contributed by atoms with Crippen LogP contribution < -0.4 is 0 Å². The third-order valence-corrected chi connectivity index (χ3v) is 2.58. The summed E-state index contributed by atoms with van der Waals surface area (Å²) in [6, 6.07) is 6.08. The molecule has 0 unspecified atom stereocenters. The Hall–Kier alpha value is -1.16. The molecule has 3 nitrogen and oxygen atoms in total. The van der Waals surface area contributed by atoms with Crippen LogP contribution in [0.2, 0.25) is 0 Å². The van der Waals surface area contributed by atoms with Crippen molar-refractivity contribution in [1.82, 2.24) is 0 Å². The Labute approximate surface area is 95.6 Å². The van der Waals surface area contributed by atoms with Gasteiger partial charge in [-0.2, -0.15) is 0 Å². The summed E-state index contributed by atoms with van der Waals surface area (Å²) >= 11 is 0. The van der Waals surface area contributed by atoms with E-state index in [0.29, 0.717) is 19.8 Å². The summed E-state index contributed by atoms with van der Waals surface area (Å²) in [4.78, 5) is 0. The molecule has 16 heavy (non-hydrogen) atoms. The lowest BCUT2D eigenvalue weighted by molar-refractivity contribution is -0.0441. The van der Waals surface area contributed by atoms with Gasteiger partial charge < -0.3 is 14.2 Å². The monoisotopic (exact) mass is 220 g/mol. The molecule has 0 spiro atoms. The Morgan fingerprint density at radius 2 is 2.19 bits per heavy atom. The zero-order valence-corrected chi connectivity index (χ0v) is 9.44. The number of methoxy groups -OCH3 is 1. The second-order valence-electron chi connectivity index (χ2n) is 3.67. The standard InChI is InChI=1S/C13H16O3/c1-3-10-8-11(13-15-6-7-16-13)4-5-12(10)9-14-2/h3-5,8,13H,1,6-7,9H2,2H3. The van der Waals surface area contributed by atoms with Crippen molar-refractivity contribution < 1.29 is 14.2 Å². The highest BCUT2D eigenvalue weighted by atomic mass is 16.7. The third kappa shape index (κ3) is 2.32. The minimum absolute atomic E-state index is 0.227. The van der Waals surface area contributed by atoms with Crippen LogP contribution in [0.5, 0.6) is 0 Å². The van der Waals surface area contributed by atoms with Gasteiger partial charge in [-0.25, -0.2) is 0 Å². The van der Waals surface area contributed by atoms with Crippen molar-refractivity contribution in [1.29, 1.82) is 0 Å². The normalized spacial score (nSPS) is 16.6. The molecule has 1 saturated heterocycles. The van der Waals surface area contributed by atoms with Gasteiger partial charge in [0.25, 0.3) is 0 Å². The van der Waals surface area contributed by atoms with Gasteiger partial charge in [-0.3, -0.25) is 0 Å². The molecule has 0 saturated carbocycles. The Balaban J connectivity index is 2.24. The van der Waals surface area contributed by atoms with Gasteiger partial charge in [0.15, 0.2) is 6.29 Å². The van der Waals surface area contributed by atoms with E-state index in [4.69, 9.17) is 14.2 Å². The van der Waals surface area contributed by atoms with Gasteiger partial charge >= 0.3 is 0 Å². The first-order chi connectivity index (χ1) is 7.85. The highest BCUT2D eigenvalue weighted by molar-refractivity contribution is 5.53. The topological polar surface area (TPSA) is 27.7 Å². The van der Waals surface area contributed by atoms with E-state index >= 15 is 0 Å². The van der Waals surface area contributed by atoms with Crippen LogP contribution in [0, 0.1) is 0 Å². The highest BCUT2D eigenvalue weighted by Gasteiger charge is 2.18. The molecule has 86 valence electrons. The van der Waals surface area contributed by atoms with E-state index < -0.39 is 0 Å². The quantitative estimate of drug-likeness (QED) is 0.780. The molecule has 1 aliphatic heterocycles. The van der Waals surface area contributed by atoms with Crippen molar-refractivity contribution in [2.24, 2.45) is 0 Å². The number of hydrogen-bond donors (Lipinski definition) is 0. The van der Waals surface area contributed by atoms with Crippen molar-refractivity contribution in [3.8, 4) is 0 Å². The van der Waals surface area contributed by atoms with E-state index in [1.807, 2.05) is 24.3 Å². The van der Waals surface area contributed by atoms with E-state index in [1.54, 1.807) is 7.11 Å². The summed E-state index contributed by atoms with van der Waals surface area (Å²) in [7, 11) is 1.68. The summed E-state index contributed by atoms with van der Waals surface area (Å²) in [5.41, 5.74) is 3.23. The van der Waals surface area contributed by atoms with E-state index in [1.165, 1.54) is 0 Å². The molecule has 0 aliphatic carbocycles. The molecule has 1 aliphatic rings. The van der Waals surface area contributed by atoms with Gasteiger partial charge in [0.05, 0.1) is 19.8 Å². The fourth-order valence-electron chi connectivity index (χ4n) is 1.79. The maximum Gasteiger partial charge on any atom is 0.184 e. The number of hydrogen-bond acceptors (Lipinski definition) is 3. The molecule has 3 heteroatoms. The van der Waals surface area contributed by atoms with Gasteiger partial charge in [0, 0.05) is 12.7 Å². The predicted octanol–water partition coefficient (Wildman–Crippen LogP) is 2.52. The van der Waals surface area contributed by atoms with Crippen LogP contribution in [-0.4, -0.2) is 20.3 Å². The molecule has 1 aromatic carbocycles. The minimum Gasteiger partial charge on any atom is -0.380 e. The first kappa shape index (κ1) is 11.3. The largest absolute Gasteiger partial charge is 0.380 e. The van der Waals surface area contributed by atoms with Gasteiger partial charge in [0.1, 0.15) is 0 Å².